The summed E-state index contributed by atoms with van der Waals surface area (Å²) in [5, 5.41) is 0. The summed E-state index contributed by atoms with van der Waals surface area (Å²) >= 11 is 0. The molecule has 0 heterocycles. The SMILES string of the molecule is COCCOCCOCCC(N)Cc1cccc(F)c1. The molecular formula is C15H24FNO3. The molecule has 1 unspecified atom stereocenters. The van der Waals surface area contributed by atoms with E-state index in [4.69, 9.17) is 19.9 Å². The lowest BCUT2D eigenvalue weighted by Crippen LogP contribution is -2.25. The predicted molar refractivity (Wildman–Crippen MR) is 76.2 cm³/mol. The van der Waals surface area contributed by atoms with E-state index in [1.165, 1.54) is 12.1 Å². The average molecular weight is 285 g/mol. The molecule has 0 amide bonds. The number of benzene rings is 1. The van der Waals surface area contributed by atoms with Crippen LogP contribution in [0.4, 0.5) is 4.39 Å². The minimum Gasteiger partial charge on any atom is -0.382 e. The second-order valence-electron chi connectivity index (χ2n) is 4.60. The van der Waals surface area contributed by atoms with E-state index in [2.05, 4.69) is 0 Å². The Bertz CT molecular complexity index is 363. The lowest BCUT2D eigenvalue weighted by molar-refractivity contribution is 0.0234. The third-order valence-corrected chi connectivity index (χ3v) is 2.82. The molecule has 0 bridgehead atoms. The molecule has 2 N–H and O–H groups in total. The molecule has 5 heteroatoms. The summed E-state index contributed by atoms with van der Waals surface area (Å²) < 4.78 is 28.6. The maximum absolute atomic E-state index is 13.0. The summed E-state index contributed by atoms with van der Waals surface area (Å²) in [4.78, 5) is 0. The topological polar surface area (TPSA) is 53.7 Å². The van der Waals surface area contributed by atoms with Gasteiger partial charge in [-0.1, -0.05) is 12.1 Å². The van der Waals surface area contributed by atoms with E-state index in [1.807, 2.05) is 6.07 Å². The molecule has 1 atom stereocenters. The van der Waals surface area contributed by atoms with Gasteiger partial charge in [-0.25, -0.2) is 4.39 Å². The van der Waals surface area contributed by atoms with E-state index in [0.717, 1.165) is 12.0 Å². The minimum atomic E-state index is -0.223. The number of rotatable bonds is 11. The van der Waals surface area contributed by atoms with E-state index >= 15 is 0 Å². The summed E-state index contributed by atoms with van der Waals surface area (Å²) in [6.45, 7) is 2.88. The first-order valence-electron chi connectivity index (χ1n) is 6.87. The van der Waals surface area contributed by atoms with E-state index in [1.54, 1.807) is 13.2 Å². The number of hydrogen-bond donors (Lipinski definition) is 1. The molecule has 0 fully saturated rings. The number of halogens is 1. The lowest BCUT2D eigenvalue weighted by atomic mass is 10.0. The molecule has 0 spiro atoms. The molecule has 1 aromatic carbocycles. The Morgan fingerprint density at radius 2 is 1.80 bits per heavy atom. The van der Waals surface area contributed by atoms with Crippen molar-refractivity contribution in [3.05, 3.63) is 35.6 Å². The van der Waals surface area contributed by atoms with Crippen LogP contribution in [0.1, 0.15) is 12.0 Å². The van der Waals surface area contributed by atoms with Gasteiger partial charge in [-0.15, -0.1) is 0 Å². The van der Waals surface area contributed by atoms with Gasteiger partial charge in [0, 0.05) is 19.8 Å². The van der Waals surface area contributed by atoms with Crippen molar-refractivity contribution in [1.29, 1.82) is 0 Å². The molecule has 0 radical (unpaired) electrons. The zero-order chi connectivity index (χ0) is 14.6. The van der Waals surface area contributed by atoms with Gasteiger partial charge < -0.3 is 19.9 Å². The average Bonchev–Trinajstić information content (AvgIpc) is 2.42. The van der Waals surface area contributed by atoms with Crippen LogP contribution in [0.25, 0.3) is 0 Å². The van der Waals surface area contributed by atoms with Crippen LogP contribution in [-0.4, -0.2) is 46.2 Å². The van der Waals surface area contributed by atoms with Crippen LogP contribution in [0.2, 0.25) is 0 Å². The van der Waals surface area contributed by atoms with Gasteiger partial charge in [0.05, 0.1) is 26.4 Å². The summed E-state index contributed by atoms with van der Waals surface area (Å²) in [5.74, 6) is -0.223. The number of hydrogen-bond acceptors (Lipinski definition) is 4. The predicted octanol–water partition coefficient (Wildman–Crippen LogP) is 1.77. The summed E-state index contributed by atoms with van der Waals surface area (Å²) in [6.07, 6.45) is 1.40. The summed E-state index contributed by atoms with van der Waals surface area (Å²) in [6, 6.07) is 6.51. The third kappa shape index (κ3) is 8.22. The van der Waals surface area contributed by atoms with Crippen molar-refractivity contribution in [2.24, 2.45) is 5.73 Å². The normalized spacial score (nSPS) is 12.6. The van der Waals surface area contributed by atoms with Crippen LogP contribution < -0.4 is 5.73 Å². The molecule has 0 aromatic heterocycles. The number of methoxy groups -OCH3 is 1. The van der Waals surface area contributed by atoms with Crippen molar-refractivity contribution in [2.45, 2.75) is 18.9 Å². The summed E-state index contributed by atoms with van der Waals surface area (Å²) in [5.41, 5.74) is 6.90. The van der Waals surface area contributed by atoms with Gasteiger partial charge in [-0.3, -0.25) is 0 Å². The fourth-order valence-corrected chi connectivity index (χ4v) is 1.77. The van der Waals surface area contributed by atoms with E-state index in [9.17, 15) is 4.39 Å². The lowest BCUT2D eigenvalue weighted by Gasteiger charge is -2.12. The fraction of sp³-hybridized carbons (Fsp3) is 0.600. The molecule has 114 valence electrons. The molecule has 1 rings (SSSR count). The Morgan fingerprint density at radius 1 is 1.10 bits per heavy atom. The monoisotopic (exact) mass is 285 g/mol. The van der Waals surface area contributed by atoms with Crippen molar-refractivity contribution >= 4 is 0 Å². The van der Waals surface area contributed by atoms with Crippen LogP contribution in [-0.2, 0) is 20.6 Å². The zero-order valence-corrected chi connectivity index (χ0v) is 12.0. The van der Waals surface area contributed by atoms with Gasteiger partial charge >= 0.3 is 0 Å². The van der Waals surface area contributed by atoms with Crippen molar-refractivity contribution in [1.82, 2.24) is 0 Å². The van der Waals surface area contributed by atoms with Gasteiger partial charge in [0.25, 0.3) is 0 Å². The highest BCUT2D eigenvalue weighted by molar-refractivity contribution is 5.17. The van der Waals surface area contributed by atoms with Crippen LogP contribution >= 0.6 is 0 Å². The van der Waals surface area contributed by atoms with Crippen molar-refractivity contribution in [3.63, 3.8) is 0 Å². The van der Waals surface area contributed by atoms with E-state index in [-0.39, 0.29) is 11.9 Å². The quantitative estimate of drug-likeness (QED) is 0.630. The third-order valence-electron chi connectivity index (χ3n) is 2.82. The van der Waals surface area contributed by atoms with Crippen LogP contribution in [0.5, 0.6) is 0 Å². The number of ether oxygens (including phenoxy) is 3. The highest BCUT2D eigenvalue weighted by Crippen LogP contribution is 2.07. The zero-order valence-electron chi connectivity index (χ0n) is 12.0. The van der Waals surface area contributed by atoms with Crippen molar-refractivity contribution in [3.8, 4) is 0 Å². The van der Waals surface area contributed by atoms with Gasteiger partial charge in [-0.05, 0) is 30.5 Å². The first-order valence-corrected chi connectivity index (χ1v) is 6.87. The van der Waals surface area contributed by atoms with Crippen molar-refractivity contribution in [2.75, 3.05) is 40.1 Å². The van der Waals surface area contributed by atoms with Gasteiger partial charge in [0.1, 0.15) is 5.82 Å². The largest absolute Gasteiger partial charge is 0.382 e. The van der Waals surface area contributed by atoms with E-state index < -0.39 is 0 Å². The molecule has 0 saturated heterocycles. The molecule has 0 aliphatic carbocycles. The molecule has 20 heavy (non-hydrogen) atoms. The Hall–Kier alpha value is -1.01. The van der Waals surface area contributed by atoms with Crippen LogP contribution in [0, 0.1) is 5.82 Å². The van der Waals surface area contributed by atoms with Gasteiger partial charge in [0.2, 0.25) is 0 Å². The maximum atomic E-state index is 13.0. The van der Waals surface area contributed by atoms with Crippen molar-refractivity contribution < 1.29 is 18.6 Å². The number of nitrogens with two attached hydrogens (primary N) is 1. The molecule has 1 aromatic rings. The Labute approximate surface area is 120 Å². The molecule has 0 aliphatic heterocycles. The molecule has 0 aliphatic rings. The van der Waals surface area contributed by atoms with Gasteiger partial charge in [-0.2, -0.15) is 0 Å². The summed E-state index contributed by atoms with van der Waals surface area (Å²) in [7, 11) is 1.64. The first kappa shape index (κ1) is 17.0. The first-order chi connectivity index (χ1) is 9.72. The van der Waals surface area contributed by atoms with Crippen LogP contribution in [0.3, 0.4) is 0 Å². The van der Waals surface area contributed by atoms with Crippen LogP contribution in [0.15, 0.2) is 24.3 Å². The smallest absolute Gasteiger partial charge is 0.123 e. The molecule has 4 nitrogen and oxygen atoms in total. The Balaban J connectivity index is 2.01. The van der Waals surface area contributed by atoms with E-state index in [0.29, 0.717) is 39.5 Å². The molecule has 0 saturated carbocycles. The fourth-order valence-electron chi connectivity index (χ4n) is 1.77. The maximum Gasteiger partial charge on any atom is 0.123 e. The molecular weight excluding hydrogens is 261 g/mol. The Morgan fingerprint density at radius 3 is 2.50 bits per heavy atom. The highest BCUT2D eigenvalue weighted by Gasteiger charge is 2.05. The Kier molecular flexibility index (Phi) is 9.15. The standard InChI is InChI=1S/C15H24FNO3/c1-18-7-8-20-10-9-19-6-5-15(17)12-13-3-2-4-14(16)11-13/h2-4,11,15H,5-10,12,17H2,1H3. The second-order valence-corrected chi connectivity index (χ2v) is 4.60. The van der Waals surface area contributed by atoms with Gasteiger partial charge in [0.15, 0.2) is 0 Å². The highest BCUT2D eigenvalue weighted by atomic mass is 19.1. The minimum absolute atomic E-state index is 0.0220. The second kappa shape index (κ2) is 10.7.